The summed E-state index contributed by atoms with van der Waals surface area (Å²) in [6, 6.07) is 21.3. The Kier molecular flexibility index (Phi) is 19.7. The van der Waals surface area contributed by atoms with Crippen molar-refractivity contribution in [2.75, 3.05) is 0 Å². The van der Waals surface area contributed by atoms with Gasteiger partial charge < -0.3 is 0 Å². The molecule has 1 aliphatic rings. The second-order valence-corrected chi connectivity index (χ2v) is 9.01. The number of hydrogen-bond donors (Lipinski definition) is 0. The van der Waals surface area contributed by atoms with Crippen molar-refractivity contribution in [3.8, 4) is 0 Å². The van der Waals surface area contributed by atoms with Gasteiger partial charge in [-0.05, 0) is 5.92 Å². The molecule has 2 aromatic rings. The fourth-order valence-corrected chi connectivity index (χ4v) is 2.48. The number of hydrogen-bond acceptors (Lipinski definition) is 0. The van der Waals surface area contributed by atoms with Gasteiger partial charge in [-0.15, -0.1) is 43.6 Å². The molecule has 1 aliphatic carbocycles. The SMILES string of the molecule is C[Si](C)C.Cl.Cl.Cl.[C-]1=CC(C(c2ccccc2)c2ccccc2)=CC1.[Ti]. The quantitative estimate of drug-likeness (QED) is 0.336. The summed E-state index contributed by atoms with van der Waals surface area (Å²) in [5, 5.41) is 0. The van der Waals surface area contributed by atoms with Crippen LogP contribution in [0.3, 0.4) is 0 Å². The van der Waals surface area contributed by atoms with E-state index in [2.05, 4.69) is 98.5 Å². The van der Waals surface area contributed by atoms with Crippen LogP contribution in [0, 0.1) is 6.08 Å². The Morgan fingerprint density at radius 1 is 0.769 bits per heavy atom. The fraction of sp³-hybridized carbons (Fsp3) is 0.238. The summed E-state index contributed by atoms with van der Waals surface area (Å²) < 4.78 is 0. The van der Waals surface area contributed by atoms with E-state index in [-0.39, 0.29) is 67.7 Å². The molecule has 0 aromatic heterocycles. The smallest absolute Gasteiger partial charge is 0.0379 e. The molecule has 0 aliphatic heterocycles. The first-order chi connectivity index (χ1) is 10.7. The van der Waals surface area contributed by atoms with Crippen LogP contribution in [0.25, 0.3) is 0 Å². The summed E-state index contributed by atoms with van der Waals surface area (Å²) in [6.07, 6.45) is 8.61. The molecule has 0 heterocycles. The topological polar surface area (TPSA) is 0 Å². The van der Waals surface area contributed by atoms with Gasteiger partial charge in [-0.25, -0.2) is 6.08 Å². The van der Waals surface area contributed by atoms with Gasteiger partial charge in [0.1, 0.15) is 0 Å². The maximum Gasteiger partial charge on any atom is 0.0379 e. The Labute approximate surface area is 194 Å². The van der Waals surface area contributed by atoms with E-state index in [4.69, 9.17) is 0 Å². The van der Waals surface area contributed by atoms with E-state index < -0.39 is 0 Å². The Hall–Kier alpha value is -0.279. The summed E-state index contributed by atoms with van der Waals surface area (Å²) in [6.45, 7) is 6.81. The van der Waals surface area contributed by atoms with Crippen LogP contribution in [-0.2, 0) is 21.7 Å². The van der Waals surface area contributed by atoms with Crippen molar-refractivity contribution in [2.24, 2.45) is 0 Å². The molecule has 0 atom stereocenters. The maximum absolute atomic E-state index is 3.27. The van der Waals surface area contributed by atoms with E-state index >= 15 is 0 Å². The van der Waals surface area contributed by atoms with Gasteiger partial charge in [-0.2, -0.15) is 11.6 Å². The molecule has 3 rings (SSSR count). The molecule has 0 fully saturated rings. The predicted octanol–water partition coefficient (Wildman–Crippen LogP) is 7.14. The van der Waals surface area contributed by atoms with E-state index in [0.29, 0.717) is 5.92 Å². The summed E-state index contributed by atoms with van der Waals surface area (Å²) in [7, 11) is 0.120. The third-order valence-corrected chi connectivity index (χ3v) is 3.32. The number of allylic oxidation sites excluding steroid dienone is 4. The molecule has 26 heavy (non-hydrogen) atoms. The maximum atomic E-state index is 3.27. The van der Waals surface area contributed by atoms with Gasteiger partial charge in [-0.3, -0.25) is 6.08 Å². The molecule has 0 unspecified atom stereocenters. The van der Waals surface area contributed by atoms with Crippen LogP contribution in [-0.4, -0.2) is 8.80 Å². The Morgan fingerprint density at radius 2 is 1.15 bits per heavy atom. The van der Waals surface area contributed by atoms with E-state index in [1.54, 1.807) is 0 Å². The predicted molar refractivity (Wildman–Crippen MR) is 120 cm³/mol. The van der Waals surface area contributed by atoms with Crippen LogP contribution < -0.4 is 0 Å². The zero-order chi connectivity index (χ0) is 15.8. The first-order valence-electron chi connectivity index (χ1n) is 7.82. The first kappa shape index (κ1) is 30.4. The number of benzene rings is 2. The van der Waals surface area contributed by atoms with Gasteiger partial charge >= 0.3 is 0 Å². The van der Waals surface area contributed by atoms with Crippen LogP contribution in [0.15, 0.2) is 78.4 Å². The van der Waals surface area contributed by atoms with Crippen molar-refractivity contribution >= 4 is 46.0 Å². The number of rotatable bonds is 3. The molecule has 5 heteroatoms. The van der Waals surface area contributed by atoms with E-state index in [1.807, 2.05) is 0 Å². The molecule has 0 saturated carbocycles. The molecule has 0 bridgehead atoms. The van der Waals surface area contributed by atoms with Gasteiger partial charge in [0.05, 0.1) is 0 Å². The summed E-state index contributed by atoms with van der Waals surface area (Å²) in [5.74, 6) is 0.336. The van der Waals surface area contributed by atoms with Crippen LogP contribution in [0.2, 0.25) is 19.6 Å². The minimum atomic E-state index is 0. The average Bonchev–Trinajstić information content (AvgIpc) is 3.03. The number of halogens is 3. The van der Waals surface area contributed by atoms with Crippen molar-refractivity contribution in [1.82, 2.24) is 0 Å². The van der Waals surface area contributed by atoms with Gasteiger partial charge in [0.15, 0.2) is 0 Å². The van der Waals surface area contributed by atoms with Gasteiger partial charge in [0, 0.05) is 30.5 Å². The van der Waals surface area contributed by atoms with Gasteiger partial charge in [0.2, 0.25) is 0 Å². The molecule has 0 amide bonds. The van der Waals surface area contributed by atoms with Gasteiger partial charge in [-0.1, -0.05) is 91.4 Å². The van der Waals surface area contributed by atoms with Crippen molar-refractivity contribution in [3.05, 3.63) is 95.6 Å². The summed E-state index contributed by atoms with van der Waals surface area (Å²) >= 11 is 0. The third-order valence-electron chi connectivity index (χ3n) is 3.32. The molecule has 0 spiro atoms. The minimum absolute atomic E-state index is 0. The molecular weight excluding hydrogens is 435 g/mol. The second kappa shape index (κ2) is 16.9. The van der Waals surface area contributed by atoms with Crippen molar-refractivity contribution in [2.45, 2.75) is 32.0 Å². The zero-order valence-corrected chi connectivity index (χ0v) is 20.4. The van der Waals surface area contributed by atoms with E-state index in [9.17, 15) is 0 Å². The summed E-state index contributed by atoms with van der Waals surface area (Å²) in [5.41, 5.74) is 4.04. The first-order valence-corrected chi connectivity index (χ1v) is 10.8. The van der Waals surface area contributed by atoms with Crippen molar-refractivity contribution < 1.29 is 21.7 Å². The molecule has 141 valence electrons. The third kappa shape index (κ3) is 10.2. The Balaban J connectivity index is -0.000000606. The van der Waals surface area contributed by atoms with Crippen LogP contribution in [0.4, 0.5) is 0 Å². The summed E-state index contributed by atoms with van der Waals surface area (Å²) in [4.78, 5) is 0. The largest absolute Gasteiger partial charge is 0.273 e. The zero-order valence-electron chi connectivity index (χ0n) is 15.4. The molecular formula is C21H27Cl3SiTi-. The van der Waals surface area contributed by atoms with Crippen LogP contribution in [0.1, 0.15) is 23.5 Å². The van der Waals surface area contributed by atoms with Crippen molar-refractivity contribution in [3.63, 3.8) is 0 Å². The fourth-order valence-electron chi connectivity index (χ4n) is 2.48. The van der Waals surface area contributed by atoms with Crippen LogP contribution >= 0.6 is 37.2 Å². The normalized spacial score (nSPS) is 11.0. The standard InChI is InChI=1S/C18H15.C3H9Si.3ClH.Ti/c1-3-9-15(10-4-1)18(17-13-7-8-14-17)16-11-5-2-6-12-16;1-4(2)3;;;;/h1-6,9-14,18H,7H2;1-3H3;3*1H;/q-1;;;;;. The minimum Gasteiger partial charge on any atom is -0.273 e. The Bertz CT molecular complexity index is 586. The van der Waals surface area contributed by atoms with Crippen LogP contribution in [0.5, 0.6) is 0 Å². The molecule has 0 N–H and O–H groups in total. The average molecular weight is 462 g/mol. The second-order valence-electron chi connectivity index (χ2n) is 6.01. The van der Waals surface area contributed by atoms with E-state index in [1.165, 1.54) is 16.7 Å². The van der Waals surface area contributed by atoms with E-state index in [0.717, 1.165) is 6.42 Å². The Morgan fingerprint density at radius 3 is 1.46 bits per heavy atom. The molecule has 2 aromatic carbocycles. The van der Waals surface area contributed by atoms with Gasteiger partial charge in [0.25, 0.3) is 0 Å². The monoisotopic (exact) mass is 460 g/mol. The molecule has 0 saturated heterocycles. The molecule has 1 radical (unpaired) electrons. The molecule has 0 nitrogen and oxygen atoms in total. The van der Waals surface area contributed by atoms with Crippen molar-refractivity contribution in [1.29, 1.82) is 0 Å².